The number of hydrogen-bond acceptors (Lipinski definition) is 2. The lowest BCUT2D eigenvalue weighted by Crippen LogP contribution is -2.22. The minimum Gasteiger partial charge on any atom is -0.497 e. The lowest BCUT2D eigenvalue weighted by molar-refractivity contribution is 0.0956. The summed E-state index contributed by atoms with van der Waals surface area (Å²) in [5.41, 5.74) is 0.655. The third kappa shape index (κ3) is 3.09. The first-order valence-electron chi connectivity index (χ1n) is 4.20. The molecule has 0 aliphatic rings. The van der Waals surface area contributed by atoms with Crippen LogP contribution in [0.25, 0.3) is 0 Å². The highest BCUT2D eigenvalue weighted by atomic mass is 16.5. The van der Waals surface area contributed by atoms with Crippen LogP contribution in [0, 0.1) is 0 Å². The van der Waals surface area contributed by atoms with Gasteiger partial charge in [-0.25, -0.2) is 0 Å². The Morgan fingerprint density at radius 3 is 2.36 bits per heavy atom. The summed E-state index contributed by atoms with van der Waals surface area (Å²) in [5, 5.41) is 2.72. The molecule has 0 aliphatic carbocycles. The number of nitrogens with one attached hydrogen (secondary N) is 1. The molecule has 3 heteroatoms. The van der Waals surface area contributed by atoms with E-state index in [1.807, 2.05) is 6.92 Å². The standard InChI is InChI=1S/C10H13NO2.CH4/c1-3-11-10(12)8-4-6-9(13-2)7-5-8;/h4-7H,3H2,1-2H3,(H,11,12);1H4. The summed E-state index contributed by atoms with van der Waals surface area (Å²) in [6.07, 6.45) is 0. The summed E-state index contributed by atoms with van der Waals surface area (Å²) in [7, 11) is 1.60. The third-order valence-corrected chi connectivity index (χ3v) is 1.69. The number of carbonyl (C=O) groups excluding carboxylic acids is 1. The highest BCUT2D eigenvalue weighted by molar-refractivity contribution is 5.94. The van der Waals surface area contributed by atoms with Crippen LogP contribution in [0.2, 0.25) is 0 Å². The van der Waals surface area contributed by atoms with E-state index in [2.05, 4.69) is 5.32 Å². The van der Waals surface area contributed by atoms with Crippen molar-refractivity contribution in [2.75, 3.05) is 13.7 Å². The summed E-state index contributed by atoms with van der Waals surface area (Å²) >= 11 is 0. The fraction of sp³-hybridized carbons (Fsp3) is 0.364. The second kappa shape index (κ2) is 6.02. The number of ether oxygens (including phenoxy) is 1. The van der Waals surface area contributed by atoms with E-state index in [4.69, 9.17) is 4.74 Å². The first kappa shape index (κ1) is 12.5. The molecule has 0 saturated carbocycles. The van der Waals surface area contributed by atoms with E-state index in [1.165, 1.54) is 0 Å². The van der Waals surface area contributed by atoms with E-state index in [9.17, 15) is 4.79 Å². The van der Waals surface area contributed by atoms with Gasteiger partial charge in [0.2, 0.25) is 0 Å². The van der Waals surface area contributed by atoms with Crippen molar-refractivity contribution in [1.82, 2.24) is 5.32 Å². The van der Waals surface area contributed by atoms with Crippen LogP contribution in [0.15, 0.2) is 24.3 Å². The van der Waals surface area contributed by atoms with Gasteiger partial charge in [0, 0.05) is 12.1 Å². The third-order valence-electron chi connectivity index (χ3n) is 1.69. The molecule has 1 rings (SSSR count). The first-order valence-corrected chi connectivity index (χ1v) is 4.20. The number of hydrogen-bond donors (Lipinski definition) is 1. The van der Waals surface area contributed by atoms with Crippen LogP contribution < -0.4 is 10.1 Å². The van der Waals surface area contributed by atoms with Gasteiger partial charge in [-0.3, -0.25) is 4.79 Å². The maximum Gasteiger partial charge on any atom is 0.251 e. The molecular weight excluding hydrogens is 178 g/mol. The molecule has 1 N–H and O–H groups in total. The molecule has 0 fully saturated rings. The van der Waals surface area contributed by atoms with Crippen molar-refractivity contribution in [1.29, 1.82) is 0 Å². The molecule has 3 nitrogen and oxygen atoms in total. The van der Waals surface area contributed by atoms with Crippen LogP contribution in [0.3, 0.4) is 0 Å². The zero-order valence-corrected chi connectivity index (χ0v) is 7.83. The second-order valence-electron chi connectivity index (χ2n) is 2.59. The molecule has 0 unspecified atom stereocenters. The molecule has 0 heterocycles. The van der Waals surface area contributed by atoms with E-state index < -0.39 is 0 Å². The van der Waals surface area contributed by atoms with E-state index >= 15 is 0 Å². The Morgan fingerprint density at radius 1 is 1.36 bits per heavy atom. The summed E-state index contributed by atoms with van der Waals surface area (Å²) < 4.78 is 4.98. The maximum atomic E-state index is 11.3. The molecule has 78 valence electrons. The number of methoxy groups -OCH3 is 1. The van der Waals surface area contributed by atoms with E-state index in [0.29, 0.717) is 12.1 Å². The monoisotopic (exact) mass is 195 g/mol. The Balaban J connectivity index is 0.00000169. The largest absolute Gasteiger partial charge is 0.497 e. The van der Waals surface area contributed by atoms with Crippen molar-refractivity contribution >= 4 is 5.91 Å². The van der Waals surface area contributed by atoms with Gasteiger partial charge in [0.1, 0.15) is 5.75 Å². The van der Waals surface area contributed by atoms with Crippen molar-refractivity contribution in [3.8, 4) is 5.75 Å². The molecule has 0 atom stereocenters. The second-order valence-corrected chi connectivity index (χ2v) is 2.59. The quantitative estimate of drug-likeness (QED) is 0.802. The molecule has 0 radical (unpaired) electrons. The fourth-order valence-electron chi connectivity index (χ4n) is 1.01. The first-order chi connectivity index (χ1) is 6.27. The van der Waals surface area contributed by atoms with Crippen molar-refractivity contribution < 1.29 is 9.53 Å². The number of benzene rings is 1. The normalized spacial score (nSPS) is 8.71. The van der Waals surface area contributed by atoms with Gasteiger partial charge < -0.3 is 10.1 Å². The van der Waals surface area contributed by atoms with E-state index in [1.54, 1.807) is 31.4 Å². The van der Waals surface area contributed by atoms with E-state index in [-0.39, 0.29) is 13.3 Å². The summed E-state index contributed by atoms with van der Waals surface area (Å²) in [6, 6.07) is 7.02. The molecule has 0 spiro atoms. The van der Waals surface area contributed by atoms with Crippen molar-refractivity contribution in [2.45, 2.75) is 14.4 Å². The number of carbonyl (C=O) groups is 1. The predicted molar refractivity (Wildman–Crippen MR) is 57.7 cm³/mol. The maximum absolute atomic E-state index is 11.3. The minimum absolute atomic E-state index is 0. The van der Waals surface area contributed by atoms with Gasteiger partial charge in [0.25, 0.3) is 5.91 Å². The van der Waals surface area contributed by atoms with Crippen LogP contribution in [0.5, 0.6) is 5.75 Å². The zero-order valence-electron chi connectivity index (χ0n) is 7.83. The Kier molecular flexibility index (Phi) is 5.37. The Hall–Kier alpha value is -1.51. The fourth-order valence-corrected chi connectivity index (χ4v) is 1.01. The highest BCUT2D eigenvalue weighted by Gasteiger charge is 2.02. The lowest BCUT2D eigenvalue weighted by atomic mass is 10.2. The van der Waals surface area contributed by atoms with Crippen LogP contribution in [0.1, 0.15) is 24.7 Å². The molecule has 1 aromatic rings. The Bertz CT molecular complexity index is 280. The minimum atomic E-state index is -0.0508. The lowest BCUT2D eigenvalue weighted by Gasteiger charge is -2.03. The Labute approximate surface area is 85.1 Å². The summed E-state index contributed by atoms with van der Waals surface area (Å²) in [6.45, 7) is 2.53. The molecule has 14 heavy (non-hydrogen) atoms. The molecule has 0 saturated heterocycles. The smallest absolute Gasteiger partial charge is 0.251 e. The summed E-state index contributed by atoms with van der Waals surface area (Å²) in [4.78, 5) is 11.3. The van der Waals surface area contributed by atoms with Crippen LogP contribution in [-0.2, 0) is 0 Å². The van der Waals surface area contributed by atoms with Crippen LogP contribution in [0.4, 0.5) is 0 Å². The van der Waals surface area contributed by atoms with Crippen molar-refractivity contribution in [2.24, 2.45) is 0 Å². The van der Waals surface area contributed by atoms with Gasteiger partial charge in [0.15, 0.2) is 0 Å². The van der Waals surface area contributed by atoms with Gasteiger partial charge >= 0.3 is 0 Å². The SMILES string of the molecule is C.CCNC(=O)c1ccc(OC)cc1. The highest BCUT2D eigenvalue weighted by Crippen LogP contribution is 2.10. The van der Waals surface area contributed by atoms with E-state index in [0.717, 1.165) is 5.75 Å². The predicted octanol–water partition coefficient (Wildman–Crippen LogP) is 2.08. The number of rotatable bonds is 3. The Morgan fingerprint density at radius 2 is 1.93 bits per heavy atom. The summed E-state index contributed by atoms with van der Waals surface area (Å²) in [5.74, 6) is 0.707. The van der Waals surface area contributed by atoms with Crippen LogP contribution in [-0.4, -0.2) is 19.6 Å². The molecule has 1 aromatic carbocycles. The molecule has 0 aromatic heterocycles. The molecule has 1 amide bonds. The topological polar surface area (TPSA) is 38.3 Å². The van der Waals surface area contributed by atoms with Gasteiger partial charge in [-0.2, -0.15) is 0 Å². The van der Waals surface area contributed by atoms with Gasteiger partial charge in [-0.05, 0) is 31.2 Å². The molecule has 0 aliphatic heterocycles. The van der Waals surface area contributed by atoms with Crippen LogP contribution >= 0.6 is 0 Å². The number of amides is 1. The average Bonchev–Trinajstić information content (AvgIpc) is 2.18. The molecule has 0 bridgehead atoms. The average molecular weight is 195 g/mol. The van der Waals surface area contributed by atoms with Gasteiger partial charge in [0.05, 0.1) is 7.11 Å². The van der Waals surface area contributed by atoms with Crippen molar-refractivity contribution in [3.63, 3.8) is 0 Å². The molecular formula is C11H17NO2. The van der Waals surface area contributed by atoms with Crippen molar-refractivity contribution in [3.05, 3.63) is 29.8 Å². The zero-order chi connectivity index (χ0) is 9.68. The van der Waals surface area contributed by atoms with Gasteiger partial charge in [-0.1, -0.05) is 7.43 Å². The van der Waals surface area contributed by atoms with Gasteiger partial charge in [-0.15, -0.1) is 0 Å².